The van der Waals surface area contributed by atoms with Crippen LogP contribution in [-0.2, 0) is 0 Å². The first-order valence-electron chi connectivity index (χ1n) is 2.42. The van der Waals surface area contributed by atoms with Gasteiger partial charge in [0, 0.05) is 6.20 Å². The van der Waals surface area contributed by atoms with Gasteiger partial charge in [0.2, 0.25) is 5.91 Å². The van der Waals surface area contributed by atoms with E-state index in [4.69, 9.17) is 5.73 Å². The van der Waals surface area contributed by atoms with Crippen molar-refractivity contribution in [1.29, 1.82) is 0 Å². The second kappa shape index (κ2) is 2.26. The second-order valence-electron chi connectivity index (χ2n) is 1.54. The molecule has 0 saturated heterocycles. The summed E-state index contributed by atoms with van der Waals surface area (Å²) in [4.78, 5) is 13.9. The van der Waals surface area contributed by atoms with Crippen LogP contribution in [0.1, 0.15) is 10.4 Å². The van der Waals surface area contributed by atoms with Gasteiger partial charge in [0.15, 0.2) is 0 Å². The highest BCUT2D eigenvalue weighted by Crippen LogP contribution is 1.90. The van der Waals surface area contributed by atoms with E-state index in [1.807, 2.05) is 0 Å². The molecule has 2 N–H and O–H groups in total. The lowest BCUT2D eigenvalue weighted by atomic mass is 10.3. The normalized spacial score (nSPS) is 8.89. The summed E-state index contributed by atoms with van der Waals surface area (Å²) in [5, 5.41) is 0. The second-order valence-corrected chi connectivity index (χ2v) is 1.54. The molecule has 3 heteroatoms. The summed E-state index contributed by atoms with van der Waals surface area (Å²) in [6, 6.07) is 3.11. The lowest BCUT2D eigenvalue weighted by Crippen LogP contribution is -2.10. The molecule has 0 fully saturated rings. The molecule has 1 rings (SSSR count). The number of pyridine rings is 1. The number of nitrogens with two attached hydrogens (primary N) is 1. The van der Waals surface area contributed by atoms with Crippen molar-refractivity contribution in [2.75, 3.05) is 0 Å². The van der Waals surface area contributed by atoms with Crippen molar-refractivity contribution in [2.45, 2.75) is 0 Å². The van der Waals surface area contributed by atoms with Crippen LogP contribution in [0.25, 0.3) is 0 Å². The Labute approximate surface area is 52.5 Å². The Morgan fingerprint density at radius 2 is 2.56 bits per heavy atom. The smallest absolute Gasteiger partial charge is 0.250 e. The first kappa shape index (κ1) is 5.75. The minimum atomic E-state index is -0.462. The topological polar surface area (TPSA) is 56.0 Å². The highest BCUT2D eigenvalue weighted by Gasteiger charge is 1.95. The molecule has 0 bridgehead atoms. The maximum absolute atomic E-state index is 10.4. The van der Waals surface area contributed by atoms with Crippen molar-refractivity contribution in [3.63, 3.8) is 0 Å². The molecule has 1 radical (unpaired) electrons. The number of rotatable bonds is 1. The van der Waals surface area contributed by atoms with Crippen LogP contribution in [-0.4, -0.2) is 10.9 Å². The van der Waals surface area contributed by atoms with Crippen LogP contribution in [0.4, 0.5) is 0 Å². The summed E-state index contributed by atoms with van der Waals surface area (Å²) >= 11 is 0. The van der Waals surface area contributed by atoms with Gasteiger partial charge in [0.25, 0.3) is 0 Å². The third kappa shape index (κ3) is 1.25. The molecule has 0 aliphatic carbocycles. The quantitative estimate of drug-likeness (QED) is 0.567. The van der Waals surface area contributed by atoms with E-state index in [0.29, 0.717) is 5.56 Å². The Balaban J connectivity index is 2.98. The van der Waals surface area contributed by atoms with Gasteiger partial charge in [-0.2, -0.15) is 0 Å². The highest BCUT2D eigenvalue weighted by molar-refractivity contribution is 5.92. The van der Waals surface area contributed by atoms with Crippen molar-refractivity contribution >= 4 is 5.91 Å². The van der Waals surface area contributed by atoms with Gasteiger partial charge in [-0.15, -0.1) is 0 Å². The van der Waals surface area contributed by atoms with Gasteiger partial charge in [0.1, 0.15) is 0 Å². The molecule has 0 saturated carbocycles. The number of carbonyl (C=O) groups is 1. The van der Waals surface area contributed by atoms with Crippen LogP contribution >= 0.6 is 0 Å². The summed E-state index contributed by atoms with van der Waals surface area (Å²) in [6.07, 6.45) is 3.91. The molecule has 9 heavy (non-hydrogen) atoms. The Morgan fingerprint density at radius 3 is 2.89 bits per heavy atom. The van der Waals surface area contributed by atoms with E-state index in [9.17, 15) is 4.79 Å². The summed E-state index contributed by atoms with van der Waals surface area (Å²) in [5.41, 5.74) is 5.33. The molecule has 0 aromatic carbocycles. The van der Waals surface area contributed by atoms with Gasteiger partial charge in [0.05, 0.1) is 11.8 Å². The molecule has 0 unspecified atom stereocenters. The van der Waals surface area contributed by atoms with Crippen molar-refractivity contribution in [1.82, 2.24) is 4.98 Å². The van der Waals surface area contributed by atoms with Crippen molar-refractivity contribution in [3.05, 3.63) is 30.1 Å². The monoisotopic (exact) mass is 121 g/mol. The zero-order valence-electron chi connectivity index (χ0n) is 4.66. The zero-order valence-corrected chi connectivity index (χ0v) is 4.66. The lowest BCUT2D eigenvalue weighted by Gasteiger charge is -1.88. The zero-order chi connectivity index (χ0) is 6.69. The lowest BCUT2D eigenvalue weighted by molar-refractivity contribution is 0.1000. The van der Waals surface area contributed by atoms with E-state index in [-0.39, 0.29) is 0 Å². The Hall–Kier alpha value is -1.38. The van der Waals surface area contributed by atoms with Gasteiger partial charge in [-0.3, -0.25) is 9.78 Å². The molecule has 0 aliphatic heterocycles. The number of amides is 1. The summed E-state index contributed by atoms with van der Waals surface area (Å²) in [7, 11) is 0. The van der Waals surface area contributed by atoms with Crippen LogP contribution < -0.4 is 5.73 Å². The average Bonchev–Trinajstić information content (AvgIpc) is 1.90. The molecule has 0 atom stereocenters. The SMILES string of the molecule is NC(=O)c1cc[c]nc1. The number of hydrogen-bond acceptors (Lipinski definition) is 2. The molecule has 45 valence electrons. The predicted octanol–water partition coefficient (Wildman–Crippen LogP) is -0.0193. The third-order valence-corrected chi connectivity index (χ3v) is 0.900. The van der Waals surface area contributed by atoms with Gasteiger partial charge in [-0.1, -0.05) is 0 Å². The molecule has 3 nitrogen and oxygen atoms in total. The van der Waals surface area contributed by atoms with E-state index in [0.717, 1.165) is 0 Å². The maximum atomic E-state index is 10.4. The minimum absolute atomic E-state index is 0.411. The minimum Gasteiger partial charge on any atom is -0.366 e. The molecule has 1 aromatic heterocycles. The number of primary amides is 1. The molecule has 0 spiro atoms. The fraction of sp³-hybridized carbons (Fsp3) is 0. The largest absolute Gasteiger partial charge is 0.366 e. The van der Waals surface area contributed by atoms with Crippen molar-refractivity contribution < 1.29 is 4.79 Å². The van der Waals surface area contributed by atoms with E-state index in [1.165, 1.54) is 6.20 Å². The summed E-state index contributed by atoms with van der Waals surface area (Å²) in [5.74, 6) is -0.462. The molecule has 1 aromatic rings. The molecular weight excluding hydrogens is 116 g/mol. The third-order valence-electron chi connectivity index (χ3n) is 0.900. The Kier molecular flexibility index (Phi) is 1.44. The Bertz CT molecular complexity index is 208. The standard InChI is InChI=1S/C6H5N2O/c7-6(9)5-2-1-3-8-4-5/h1-2,4H,(H2,7,9). The van der Waals surface area contributed by atoms with Crippen LogP contribution in [0.3, 0.4) is 0 Å². The van der Waals surface area contributed by atoms with Crippen molar-refractivity contribution in [2.24, 2.45) is 5.73 Å². The number of carbonyl (C=O) groups excluding carboxylic acids is 1. The van der Waals surface area contributed by atoms with Gasteiger partial charge >= 0.3 is 0 Å². The van der Waals surface area contributed by atoms with E-state index in [2.05, 4.69) is 11.2 Å². The number of hydrogen-bond donors (Lipinski definition) is 1. The van der Waals surface area contributed by atoms with Crippen LogP contribution in [0, 0.1) is 6.20 Å². The maximum Gasteiger partial charge on any atom is 0.250 e. The average molecular weight is 121 g/mol. The van der Waals surface area contributed by atoms with Gasteiger partial charge in [-0.25, -0.2) is 0 Å². The van der Waals surface area contributed by atoms with Crippen LogP contribution in [0.5, 0.6) is 0 Å². The molecule has 0 aliphatic rings. The predicted molar refractivity (Wildman–Crippen MR) is 31.6 cm³/mol. The van der Waals surface area contributed by atoms with Gasteiger partial charge < -0.3 is 5.73 Å². The van der Waals surface area contributed by atoms with Crippen molar-refractivity contribution in [3.8, 4) is 0 Å². The molecule has 1 heterocycles. The van der Waals surface area contributed by atoms with Crippen LogP contribution in [0.2, 0.25) is 0 Å². The number of aromatic nitrogens is 1. The van der Waals surface area contributed by atoms with Gasteiger partial charge in [-0.05, 0) is 12.1 Å². The summed E-state index contributed by atoms with van der Waals surface area (Å²) in [6.45, 7) is 0. The summed E-state index contributed by atoms with van der Waals surface area (Å²) < 4.78 is 0. The fourth-order valence-electron chi connectivity index (χ4n) is 0.466. The highest BCUT2D eigenvalue weighted by atomic mass is 16.1. The van der Waals surface area contributed by atoms with Crippen LogP contribution in [0.15, 0.2) is 18.3 Å². The molecule has 1 amide bonds. The fourth-order valence-corrected chi connectivity index (χ4v) is 0.466. The van der Waals surface area contributed by atoms with E-state index < -0.39 is 5.91 Å². The molecular formula is C6H5N2O. The number of nitrogens with zero attached hydrogens (tertiary/aromatic N) is 1. The van der Waals surface area contributed by atoms with E-state index in [1.54, 1.807) is 12.1 Å². The first-order chi connectivity index (χ1) is 4.30. The Morgan fingerprint density at radius 1 is 1.78 bits per heavy atom. The first-order valence-corrected chi connectivity index (χ1v) is 2.42. The van der Waals surface area contributed by atoms with E-state index >= 15 is 0 Å².